The predicted octanol–water partition coefficient (Wildman–Crippen LogP) is 1.95. The first kappa shape index (κ1) is 14.9. The summed E-state index contributed by atoms with van der Waals surface area (Å²) in [5.41, 5.74) is 0.137. The second-order valence-corrected chi connectivity index (χ2v) is 4.57. The van der Waals surface area contributed by atoms with Crippen molar-refractivity contribution in [1.82, 2.24) is 5.32 Å². The molecule has 0 unspecified atom stereocenters. The van der Waals surface area contributed by atoms with Gasteiger partial charge < -0.3 is 14.8 Å². The molecule has 110 valence electrons. The van der Waals surface area contributed by atoms with Crippen LogP contribution in [0.2, 0.25) is 0 Å². The van der Waals surface area contributed by atoms with E-state index < -0.39 is 23.8 Å². The summed E-state index contributed by atoms with van der Waals surface area (Å²) in [6.07, 6.45) is -0.255. The van der Waals surface area contributed by atoms with Crippen molar-refractivity contribution in [3.05, 3.63) is 35.4 Å². The lowest BCUT2D eigenvalue weighted by molar-refractivity contribution is -0.148. The van der Waals surface area contributed by atoms with Crippen LogP contribution in [0.25, 0.3) is 0 Å². The summed E-state index contributed by atoms with van der Waals surface area (Å²) in [4.78, 5) is 12.0. The highest BCUT2D eigenvalue weighted by atomic mass is 19.1. The first-order valence-corrected chi connectivity index (χ1v) is 6.56. The fourth-order valence-corrected chi connectivity index (χ4v) is 2.09. The van der Waals surface area contributed by atoms with E-state index in [0.29, 0.717) is 19.6 Å². The molecule has 4 nitrogen and oxygen atoms in total. The maximum absolute atomic E-state index is 13.7. The van der Waals surface area contributed by atoms with Crippen molar-refractivity contribution in [3.8, 4) is 0 Å². The van der Waals surface area contributed by atoms with E-state index in [4.69, 9.17) is 9.47 Å². The highest BCUT2D eigenvalue weighted by molar-refractivity contribution is 5.81. The van der Waals surface area contributed by atoms with Crippen LogP contribution in [0.1, 0.15) is 24.9 Å². The Morgan fingerprint density at radius 3 is 2.90 bits per heavy atom. The molecule has 0 aromatic heterocycles. The highest BCUT2D eigenvalue weighted by Gasteiger charge is 2.26. The molecule has 6 heteroatoms. The van der Waals surface area contributed by atoms with Gasteiger partial charge >= 0.3 is 0 Å². The normalized spacial score (nSPS) is 20.4. The first-order valence-electron chi connectivity index (χ1n) is 6.56. The minimum absolute atomic E-state index is 0.137. The Morgan fingerprint density at radius 2 is 2.25 bits per heavy atom. The van der Waals surface area contributed by atoms with Crippen molar-refractivity contribution in [3.63, 3.8) is 0 Å². The molecule has 1 heterocycles. The summed E-state index contributed by atoms with van der Waals surface area (Å²) < 4.78 is 37.4. The van der Waals surface area contributed by atoms with Crippen LogP contribution in [0.15, 0.2) is 18.2 Å². The lowest BCUT2D eigenvalue weighted by Crippen LogP contribution is -2.44. The van der Waals surface area contributed by atoms with Gasteiger partial charge in [0.1, 0.15) is 11.6 Å². The molecule has 1 aromatic carbocycles. The number of benzene rings is 1. The molecule has 0 spiro atoms. The Balaban J connectivity index is 2.08. The quantitative estimate of drug-likeness (QED) is 0.919. The third kappa shape index (κ3) is 3.52. The van der Waals surface area contributed by atoms with Gasteiger partial charge in [-0.15, -0.1) is 0 Å². The van der Waals surface area contributed by atoms with Crippen LogP contribution in [-0.4, -0.2) is 31.8 Å². The predicted molar refractivity (Wildman–Crippen MR) is 68.1 cm³/mol. The molecular weight excluding hydrogens is 268 g/mol. The fourth-order valence-electron chi connectivity index (χ4n) is 2.09. The van der Waals surface area contributed by atoms with Crippen LogP contribution in [0, 0.1) is 11.6 Å². The molecule has 1 saturated heterocycles. The zero-order chi connectivity index (χ0) is 14.5. The summed E-state index contributed by atoms with van der Waals surface area (Å²) in [5, 5.41) is 2.67. The number of carbonyl (C=O) groups is 1. The maximum atomic E-state index is 13.7. The maximum Gasteiger partial charge on any atom is 0.252 e. The van der Waals surface area contributed by atoms with E-state index in [9.17, 15) is 13.6 Å². The number of hydrogen-bond acceptors (Lipinski definition) is 3. The Hall–Kier alpha value is -1.53. The van der Waals surface area contributed by atoms with Crippen molar-refractivity contribution < 1.29 is 23.0 Å². The molecule has 2 rings (SSSR count). The summed E-state index contributed by atoms with van der Waals surface area (Å²) in [6, 6.07) is 2.61. The lowest BCUT2D eigenvalue weighted by Gasteiger charge is -2.25. The smallest absolute Gasteiger partial charge is 0.252 e. The van der Waals surface area contributed by atoms with E-state index in [1.165, 1.54) is 0 Å². The number of rotatable bonds is 4. The number of ether oxygens (including phenoxy) is 2. The zero-order valence-electron chi connectivity index (χ0n) is 11.2. The topological polar surface area (TPSA) is 47.6 Å². The number of nitrogens with one attached hydrogen (secondary N) is 1. The number of carbonyl (C=O) groups excluding carboxylic acids is 1. The molecule has 0 bridgehead atoms. The molecule has 0 aliphatic carbocycles. The van der Waals surface area contributed by atoms with Crippen LogP contribution >= 0.6 is 0 Å². The molecule has 0 radical (unpaired) electrons. The number of hydrogen-bond donors (Lipinski definition) is 1. The standard InChI is InChI=1S/C14H17F2NO3/c1-2-12(10-7-9(15)3-4-11(10)16)17-14(18)13-8-19-5-6-20-13/h3-4,7,12-13H,2,5-6,8H2,1H3,(H,17,18)/t12-,13-/m1/s1. The van der Waals surface area contributed by atoms with E-state index in [1.807, 2.05) is 0 Å². The van der Waals surface area contributed by atoms with Gasteiger partial charge in [0.2, 0.25) is 0 Å². The molecule has 1 aromatic rings. The molecule has 20 heavy (non-hydrogen) atoms. The molecule has 1 fully saturated rings. The van der Waals surface area contributed by atoms with Gasteiger partial charge in [-0.2, -0.15) is 0 Å². The molecular formula is C14H17F2NO3. The van der Waals surface area contributed by atoms with E-state index >= 15 is 0 Å². The van der Waals surface area contributed by atoms with Crippen LogP contribution in [0.3, 0.4) is 0 Å². The SMILES string of the molecule is CC[C@@H](NC(=O)[C@H]1COCCO1)c1cc(F)ccc1F. The highest BCUT2D eigenvalue weighted by Crippen LogP contribution is 2.21. The largest absolute Gasteiger partial charge is 0.376 e. The fraction of sp³-hybridized carbons (Fsp3) is 0.500. The van der Waals surface area contributed by atoms with Gasteiger partial charge in [-0.3, -0.25) is 4.79 Å². The average Bonchev–Trinajstić information content (AvgIpc) is 2.48. The van der Waals surface area contributed by atoms with E-state index in [0.717, 1.165) is 18.2 Å². The molecule has 1 aliphatic heterocycles. The van der Waals surface area contributed by atoms with Crippen LogP contribution in [-0.2, 0) is 14.3 Å². The summed E-state index contributed by atoms with van der Waals surface area (Å²) in [6.45, 7) is 2.77. The van der Waals surface area contributed by atoms with Gasteiger partial charge in [-0.25, -0.2) is 8.78 Å². The molecule has 1 N–H and O–H groups in total. The van der Waals surface area contributed by atoms with E-state index in [-0.39, 0.29) is 18.1 Å². The van der Waals surface area contributed by atoms with E-state index in [1.54, 1.807) is 6.92 Å². The van der Waals surface area contributed by atoms with Crippen molar-refractivity contribution in [2.24, 2.45) is 0 Å². The number of halogens is 2. The van der Waals surface area contributed by atoms with Gasteiger partial charge in [0, 0.05) is 5.56 Å². The van der Waals surface area contributed by atoms with Crippen molar-refractivity contribution >= 4 is 5.91 Å². The minimum Gasteiger partial charge on any atom is -0.376 e. The lowest BCUT2D eigenvalue weighted by atomic mass is 10.0. The zero-order valence-corrected chi connectivity index (χ0v) is 11.2. The summed E-state index contributed by atoms with van der Waals surface area (Å²) in [7, 11) is 0. The van der Waals surface area contributed by atoms with Crippen LogP contribution < -0.4 is 5.32 Å². The first-order chi connectivity index (χ1) is 9.61. The number of amides is 1. The molecule has 1 aliphatic rings. The monoisotopic (exact) mass is 285 g/mol. The Kier molecular flexibility index (Phi) is 5.03. The van der Waals surface area contributed by atoms with Crippen molar-refractivity contribution in [1.29, 1.82) is 0 Å². The van der Waals surface area contributed by atoms with Crippen LogP contribution in [0.4, 0.5) is 8.78 Å². The van der Waals surface area contributed by atoms with Crippen molar-refractivity contribution in [2.75, 3.05) is 19.8 Å². The molecule has 2 atom stereocenters. The Bertz CT molecular complexity index is 475. The third-order valence-electron chi connectivity index (χ3n) is 3.17. The average molecular weight is 285 g/mol. The van der Waals surface area contributed by atoms with E-state index in [2.05, 4.69) is 5.32 Å². The van der Waals surface area contributed by atoms with Crippen LogP contribution in [0.5, 0.6) is 0 Å². The van der Waals surface area contributed by atoms with Gasteiger partial charge in [-0.1, -0.05) is 6.92 Å². The van der Waals surface area contributed by atoms with Gasteiger partial charge in [0.05, 0.1) is 25.9 Å². The second-order valence-electron chi connectivity index (χ2n) is 4.57. The molecule has 0 saturated carbocycles. The third-order valence-corrected chi connectivity index (χ3v) is 3.17. The van der Waals surface area contributed by atoms with Gasteiger partial charge in [0.25, 0.3) is 5.91 Å². The Morgan fingerprint density at radius 1 is 1.45 bits per heavy atom. The molecule has 1 amide bonds. The van der Waals surface area contributed by atoms with Gasteiger partial charge in [0.15, 0.2) is 6.10 Å². The minimum atomic E-state index is -0.700. The summed E-state index contributed by atoms with van der Waals surface area (Å²) >= 11 is 0. The summed E-state index contributed by atoms with van der Waals surface area (Å²) in [5.74, 6) is -1.45. The second kappa shape index (κ2) is 6.76. The van der Waals surface area contributed by atoms with Gasteiger partial charge in [-0.05, 0) is 24.6 Å². The van der Waals surface area contributed by atoms with Crippen molar-refractivity contribution in [2.45, 2.75) is 25.5 Å². The Labute approximate surface area is 116 Å².